The highest BCUT2D eigenvalue weighted by molar-refractivity contribution is 6.27. The van der Waals surface area contributed by atoms with Gasteiger partial charge in [0.2, 0.25) is 0 Å². The summed E-state index contributed by atoms with van der Waals surface area (Å²) < 4.78 is 0. The van der Waals surface area contributed by atoms with E-state index in [-0.39, 0.29) is 0 Å². The van der Waals surface area contributed by atoms with Gasteiger partial charge in [0, 0.05) is 0 Å². The molecule has 0 radical (unpaired) electrons. The fourth-order valence-electron chi connectivity index (χ4n) is 17.8. The van der Waals surface area contributed by atoms with Crippen LogP contribution in [0, 0.1) is 0 Å². The predicted octanol–water partition coefficient (Wildman–Crippen LogP) is 31.6. The molecule has 0 N–H and O–H groups in total. The third-order valence-corrected chi connectivity index (χ3v) is 22.8. The molecular weight excluding hydrogens is 1350 g/mol. The van der Waals surface area contributed by atoms with Crippen molar-refractivity contribution in [2.45, 2.75) is 0 Å². The molecule has 0 fully saturated rings. The summed E-state index contributed by atoms with van der Waals surface area (Å²) in [6.45, 7) is 0. The molecule has 0 spiro atoms. The van der Waals surface area contributed by atoms with Crippen LogP contribution in [0.5, 0.6) is 0 Å². The maximum atomic E-state index is 2.33. The second-order valence-electron chi connectivity index (χ2n) is 29.1. The molecule has 22 rings (SSSR count). The van der Waals surface area contributed by atoms with Crippen molar-refractivity contribution in [1.82, 2.24) is 0 Å². The Kier molecular flexibility index (Phi) is 17.4. The summed E-state index contributed by atoms with van der Waals surface area (Å²) in [7, 11) is 0. The molecule has 0 saturated heterocycles. The number of rotatable bonds is 9. The lowest BCUT2D eigenvalue weighted by Gasteiger charge is -2.19. The highest BCUT2D eigenvalue weighted by Crippen LogP contribution is 2.50. The van der Waals surface area contributed by atoms with Crippen molar-refractivity contribution >= 4 is 108 Å². The van der Waals surface area contributed by atoms with Crippen LogP contribution >= 0.6 is 0 Å². The third kappa shape index (κ3) is 12.1. The quantitative estimate of drug-likeness (QED) is 0.126. The summed E-state index contributed by atoms with van der Waals surface area (Å²) in [5.41, 5.74) is 22.8. The van der Waals surface area contributed by atoms with Gasteiger partial charge in [-0.2, -0.15) is 0 Å². The van der Waals surface area contributed by atoms with Gasteiger partial charge in [-0.25, -0.2) is 0 Å². The van der Waals surface area contributed by atoms with E-state index in [1.165, 1.54) is 208 Å². The molecule has 0 bridgehead atoms. The first kappa shape index (κ1) is 66.8. The van der Waals surface area contributed by atoms with Crippen LogP contribution in [0.25, 0.3) is 208 Å². The van der Waals surface area contributed by atoms with E-state index in [0.29, 0.717) is 0 Å². The molecular formula is C112H74. The summed E-state index contributed by atoms with van der Waals surface area (Å²) in [6.07, 6.45) is 0. The maximum absolute atomic E-state index is 2.33. The van der Waals surface area contributed by atoms with Crippen LogP contribution in [0.2, 0.25) is 0 Å². The molecule has 0 amide bonds. The Hall–Kier alpha value is -14.6. The van der Waals surface area contributed by atoms with Gasteiger partial charge in [0.15, 0.2) is 0 Å². The van der Waals surface area contributed by atoms with Crippen LogP contribution in [0.15, 0.2) is 449 Å². The maximum Gasteiger partial charge on any atom is -0.00201 e. The number of hydrogen-bond acceptors (Lipinski definition) is 0. The molecule has 0 heterocycles. The first-order valence-electron chi connectivity index (χ1n) is 38.8. The lowest BCUT2D eigenvalue weighted by molar-refractivity contribution is 1.61. The lowest BCUT2D eigenvalue weighted by atomic mass is 9.84. The molecule has 22 aromatic rings. The van der Waals surface area contributed by atoms with Gasteiger partial charge in [-0.3, -0.25) is 0 Å². The van der Waals surface area contributed by atoms with Crippen LogP contribution < -0.4 is 0 Å². The SMILES string of the molecule is c1ccc(-c2ccc(-c3c4ccccc4c(-c4cccc5ccccc45)c4ccccc34)cc2)cc1.c1ccc(-c2cccc(-c3c4ccccc4c(-c4cccc5ccccc45)c4ccccc34)c2)cc1.c1ccc2c(-c3ccc(-c4c5ccccc5c(-c5cccc6ccccc56)c5ccccc45)cc3)cccc2c1. The third-order valence-electron chi connectivity index (χ3n) is 22.8. The van der Waals surface area contributed by atoms with Crippen molar-refractivity contribution in [2.24, 2.45) is 0 Å². The highest BCUT2D eigenvalue weighted by atomic mass is 14.3. The molecule has 0 saturated carbocycles. The fraction of sp³-hybridized carbons (Fsp3) is 0. The Morgan fingerprint density at radius 1 is 0.0893 bits per heavy atom. The van der Waals surface area contributed by atoms with E-state index >= 15 is 0 Å². The lowest BCUT2D eigenvalue weighted by Crippen LogP contribution is -1.91. The zero-order valence-corrected chi connectivity index (χ0v) is 61.7. The van der Waals surface area contributed by atoms with E-state index in [4.69, 9.17) is 0 Å². The minimum absolute atomic E-state index is 1.24. The second-order valence-corrected chi connectivity index (χ2v) is 29.1. The first-order valence-corrected chi connectivity index (χ1v) is 38.8. The van der Waals surface area contributed by atoms with E-state index < -0.39 is 0 Å². The second kappa shape index (κ2) is 29.2. The van der Waals surface area contributed by atoms with Gasteiger partial charge in [-0.05, 0) is 214 Å². The van der Waals surface area contributed by atoms with Crippen molar-refractivity contribution in [2.75, 3.05) is 0 Å². The summed E-state index contributed by atoms with van der Waals surface area (Å²) in [4.78, 5) is 0. The smallest absolute Gasteiger partial charge is 0.00201 e. The predicted molar refractivity (Wildman–Crippen MR) is 483 cm³/mol. The van der Waals surface area contributed by atoms with Crippen molar-refractivity contribution in [3.8, 4) is 100 Å². The Morgan fingerprint density at radius 2 is 0.277 bits per heavy atom. The number of fused-ring (bicyclic) bond motifs is 10. The van der Waals surface area contributed by atoms with E-state index in [1.807, 2.05) is 0 Å². The Morgan fingerprint density at radius 3 is 0.598 bits per heavy atom. The van der Waals surface area contributed by atoms with Crippen molar-refractivity contribution in [3.63, 3.8) is 0 Å². The van der Waals surface area contributed by atoms with E-state index in [9.17, 15) is 0 Å². The van der Waals surface area contributed by atoms with Gasteiger partial charge in [0.25, 0.3) is 0 Å². The highest BCUT2D eigenvalue weighted by Gasteiger charge is 2.23. The van der Waals surface area contributed by atoms with E-state index in [2.05, 4.69) is 449 Å². The van der Waals surface area contributed by atoms with Gasteiger partial charge >= 0.3 is 0 Å². The topological polar surface area (TPSA) is 0 Å². The molecule has 0 aliphatic carbocycles. The molecule has 0 atom stereocenters. The Labute approximate surface area is 652 Å². The number of hydrogen-bond donors (Lipinski definition) is 0. The first-order chi connectivity index (χ1) is 55.6. The molecule has 0 nitrogen and oxygen atoms in total. The van der Waals surface area contributed by atoms with Crippen molar-refractivity contribution in [1.29, 1.82) is 0 Å². The summed E-state index contributed by atoms with van der Waals surface area (Å²) in [5.74, 6) is 0. The van der Waals surface area contributed by atoms with Gasteiger partial charge in [0.05, 0.1) is 0 Å². The van der Waals surface area contributed by atoms with Crippen LogP contribution in [0.1, 0.15) is 0 Å². The van der Waals surface area contributed by atoms with Gasteiger partial charge in [-0.15, -0.1) is 0 Å². The van der Waals surface area contributed by atoms with E-state index in [0.717, 1.165) is 0 Å². The molecule has 112 heavy (non-hydrogen) atoms. The van der Waals surface area contributed by atoms with Gasteiger partial charge in [0.1, 0.15) is 0 Å². The zero-order chi connectivity index (χ0) is 74.3. The monoisotopic (exact) mass is 1420 g/mol. The van der Waals surface area contributed by atoms with Crippen LogP contribution in [0.4, 0.5) is 0 Å². The van der Waals surface area contributed by atoms with Crippen LogP contribution in [-0.4, -0.2) is 0 Å². The van der Waals surface area contributed by atoms with Crippen molar-refractivity contribution in [3.05, 3.63) is 449 Å². The zero-order valence-electron chi connectivity index (χ0n) is 61.7. The summed E-state index contributed by atoms with van der Waals surface area (Å²) >= 11 is 0. The van der Waals surface area contributed by atoms with Gasteiger partial charge in [-0.1, -0.05) is 443 Å². The minimum atomic E-state index is 1.24. The Balaban J connectivity index is 0.000000110. The molecule has 0 aliphatic rings. The molecule has 22 aromatic carbocycles. The standard InChI is InChI=1S/C40H26.2C36H24/c1-3-15-31-27(11-1)13-9-21-32(31)29-23-25-30(26-24-29)39-35-17-5-7-19-37(35)40(38-20-8-6-18-36(38)39)34-22-10-14-28-12-2-4-16-33(28)34;1-2-12-25(13-3-1)27-16-10-17-28(24-27)35-31-19-6-8-21-33(31)36(34-22-9-7-20-32(34)35)30-23-11-15-26-14-4-5-18-29(26)30;1-2-11-25(12-3-1)26-21-23-28(24-22-26)35-31-16-6-8-18-33(31)36(34-19-9-7-17-32(34)35)30-20-10-14-27-13-4-5-15-29(27)30/h1-26H;2*1-24H. The van der Waals surface area contributed by atoms with Crippen LogP contribution in [0.3, 0.4) is 0 Å². The average Bonchev–Trinajstić information content (AvgIpc) is 0.739. The minimum Gasteiger partial charge on any atom is -0.0622 e. The molecule has 0 heteroatoms. The summed E-state index contributed by atoms with van der Waals surface area (Å²) in [6, 6.07) is 163. The molecule has 0 aliphatic heterocycles. The normalized spacial score (nSPS) is 11.4. The average molecular weight is 1420 g/mol. The molecule has 0 aromatic heterocycles. The van der Waals surface area contributed by atoms with Gasteiger partial charge < -0.3 is 0 Å². The molecule has 0 unspecified atom stereocenters. The number of benzene rings is 22. The van der Waals surface area contributed by atoms with Crippen molar-refractivity contribution < 1.29 is 0 Å². The fourth-order valence-corrected chi connectivity index (χ4v) is 17.8. The Bertz CT molecular complexity index is 7140. The summed E-state index contributed by atoms with van der Waals surface area (Å²) in [5, 5.41) is 25.6. The largest absolute Gasteiger partial charge is 0.0622 e. The van der Waals surface area contributed by atoms with E-state index in [1.54, 1.807) is 0 Å². The van der Waals surface area contributed by atoms with Crippen LogP contribution in [-0.2, 0) is 0 Å². The molecule has 522 valence electrons.